The lowest BCUT2D eigenvalue weighted by Crippen LogP contribution is -2.45. The third kappa shape index (κ3) is 3.56. The van der Waals surface area contributed by atoms with Crippen LogP contribution in [0.1, 0.15) is 6.92 Å². The summed E-state index contributed by atoms with van der Waals surface area (Å²) in [7, 11) is 0. The smallest absolute Gasteiger partial charge is 0.0912 e. The lowest BCUT2D eigenvalue weighted by molar-refractivity contribution is 0.168. The highest BCUT2D eigenvalue weighted by Crippen LogP contribution is 2.10. The Morgan fingerprint density at radius 1 is 1.38 bits per heavy atom. The minimum Gasteiger partial charge on any atom is -0.369 e. The number of nitrogens with zero attached hydrogens (tertiary/aromatic N) is 3. The van der Waals surface area contributed by atoms with E-state index < -0.39 is 0 Å². The molecule has 1 rings (SSSR count). The van der Waals surface area contributed by atoms with Gasteiger partial charge in [0.05, 0.1) is 6.07 Å². The molecule has 0 bridgehead atoms. The molecule has 0 N–H and O–H groups in total. The van der Waals surface area contributed by atoms with Crippen LogP contribution in [0.25, 0.3) is 0 Å². The van der Waals surface area contributed by atoms with E-state index >= 15 is 0 Å². The fraction of sp³-hybridized carbons (Fsp3) is 0.462. The van der Waals surface area contributed by atoms with Gasteiger partial charge in [0.25, 0.3) is 0 Å². The average molecular weight is 217 g/mol. The van der Waals surface area contributed by atoms with E-state index in [0.717, 1.165) is 38.4 Å². The first-order chi connectivity index (χ1) is 7.81. The van der Waals surface area contributed by atoms with Gasteiger partial charge in [-0.2, -0.15) is 5.26 Å². The molecule has 1 fully saturated rings. The summed E-state index contributed by atoms with van der Waals surface area (Å²) < 4.78 is 0. The van der Waals surface area contributed by atoms with Crippen LogP contribution in [0.15, 0.2) is 36.6 Å². The second-order valence-electron chi connectivity index (χ2n) is 3.71. The van der Waals surface area contributed by atoms with Gasteiger partial charge in [-0.25, -0.2) is 0 Å². The summed E-state index contributed by atoms with van der Waals surface area (Å²) in [4.78, 5) is 4.74. The Morgan fingerprint density at radius 3 is 2.56 bits per heavy atom. The van der Waals surface area contributed by atoms with Crippen LogP contribution in [0.2, 0.25) is 0 Å². The summed E-state index contributed by atoms with van der Waals surface area (Å²) in [6, 6.07) is 1.98. The quantitative estimate of drug-likeness (QED) is 0.531. The molecule has 0 saturated carbocycles. The Morgan fingerprint density at radius 2 is 2.06 bits per heavy atom. The molecule has 16 heavy (non-hydrogen) atoms. The van der Waals surface area contributed by atoms with Gasteiger partial charge in [0.2, 0.25) is 0 Å². The van der Waals surface area contributed by atoms with Crippen molar-refractivity contribution in [3.05, 3.63) is 36.6 Å². The summed E-state index contributed by atoms with van der Waals surface area (Å²) in [6.07, 6.45) is 7.04. The maximum atomic E-state index is 8.42. The van der Waals surface area contributed by atoms with Crippen LogP contribution in [-0.2, 0) is 0 Å². The highest BCUT2D eigenvalue weighted by Gasteiger charge is 2.15. The van der Waals surface area contributed by atoms with Gasteiger partial charge in [0.15, 0.2) is 0 Å². The lowest BCUT2D eigenvalue weighted by atomic mass is 10.2. The predicted octanol–water partition coefficient (Wildman–Crippen LogP) is 1.77. The van der Waals surface area contributed by atoms with Gasteiger partial charge < -0.3 is 9.80 Å². The summed E-state index contributed by atoms with van der Waals surface area (Å²) in [6.45, 7) is 11.4. The van der Waals surface area contributed by atoms with Crippen LogP contribution in [0.4, 0.5) is 0 Å². The minimum atomic E-state index is 1.03. The molecule has 1 heterocycles. The molecule has 3 heteroatoms. The van der Waals surface area contributed by atoms with Gasteiger partial charge in [-0.05, 0) is 24.8 Å². The van der Waals surface area contributed by atoms with Crippen molar-refractivity contribution in [2.75, 3.05) is 32.7 Å². The first kappa shape index (κ1) is 12.5. The summed E-state index contributed by atoms with van der Waals surface area (Å²) in [5, 5.41) is 8.42. The molecule has 0 radical (unpaired) electrons. The highest BCUT2D eigenvalue weighted by molar-refractivity contribution is 5.23. The molecular formula is C13H19N3. The van der Waals surface area contributed by atoms with E-state index in [1.165, 1.54) is 6.08 Å². The minimum absolute atomic E-state index is 1.03. The van der Waals surface area contributed by atoms with Crippen LogP contribution in [0.3, 0.4) is 0 Å². The molecular weight excluding hydrogens is 198 g/mol. The second kappa shape index (κ2) is 6.86. The molecule has 1 saturated heterocycles. The number of nitriles is 1. The van der Waals surface area contributed by atoms with Crippen LogP contribution >= 0.6 is 0 Å². The fourth-order valence-corrected chi connectivity index (χ4v) is 1.81. The molecule has 3 nitrogen and oxygen atoms in total. The third-order valence-electron chi connectivity index (χ3n) is 2.83. The number of rotatable bonds is 4. The maximum Gasteiger partial charge on any atom is 0.0912 e. The van der Waals surface area contributed by atoms with Gasteiger partial charge in [-0.3, -0.25) is 0 Å². The SMILES string of the molecule is C=C/C(=C\C=C\C#N)N1CCN(CC)CC1. The van der Waals surface area contributed by atoms with E-state index in [-0.39, 0.29) is 0 Å². The van der Waals surface area contributed by atoms with Gasteiger partial charge in [-0.15, -0.1) is 0 Å². The van der Waals surface area contributed by atoms with Crippen LogP contribution in [-0.4, -0.2) is 42.5 Å². The van der Waals surface area contributed by atoms with E-state index in [9.17, 15) is 0 Å². The summed E-state index contributed by atoms with van der Waals surface area (Å²) >= 11 is 0. The van der Waals surface area contributed by atoms with E-state index in [1.54, 1.807) is 6.08 Å². The molecule has 0 aromatic carbocycles. The van der Waals surface area contributed by atoms with Gasteiger partial charge in [0, 0.05) is 38.0 Å². The van der Waals surface area contributed by atoms with Crippen molar-refractivity contribution in [3.8, 4) is 6.07 Å². The molecule has 1 aliphatic heterocycles. The molecule has 0 aromatic heterocycles. The zero-order chi connectivity index (χ0) is 11.8. The first-order valence-electron chi connectivity index (χ1n) is 5.68. The molecule has 0 aliphatic carbocycles. The normalized spacial score (nSPS) is 18.8. The average Bonchev–Trinajstić information content (AvgIpc) is 2.35. The number of likely N-dealkylation sites (N-methyl/N-ethyl adjacent to an activating group) is 1. The van der Waals surface area contributed by atoms with Gasteiger partial charge >= 0.3 is 0 Å². The van der Waals surface area contributed by atoms with Crippen LogP contribution < -0.4 is 0 Å². The molecule has 0 spiro atoms. The largest absolute Gasteiger partial charge is 0.369 e. The highest BCUT2D eigenvalue weighted by atomic mass is 15.3. The van der Waals surface area contributed by atoms with E-state index in [1.807, 2.05) is 18.2 Å². The summed E-state index contributed by atoms with van der Waals surface area (Å²) in [5.41, 5.74) is 1.10. The maximum absolute atomic E-state index is 8.42. The molecule has 0 amide bonds. The standard InChI is InChI=1S/C13H19N3/c1-3-13(7-5-6-8-14)16-11-9-15(4-2)10-12-16/h3,5-7H,1,4,9-12H2,2H3/b6-5+,13-7+. The number of allylic oxidation sites excluding steroid dienone is 4. The molecule has 0 atom stereocenters. The van der Waals surface area contributed by atoms with Crippen molar-refractivity contribution in [1.29, 1.82) is 5.26 Å². The fourth-order valence-electron chi connectivity index (χ4n) is 1.81. The van der Waals surface area contributed by atoms with Crippen molar-refractivity contribution >= 4 is 0 Å². The van der Waals surface area contributed by atoms with E-state index in [2.05, 4.69) is 23.3 Å². The Kier molecular flexibility index (Phi) is 5.38. The lowest BCUT2D eigenvalue weighted by Gasteiger charge is -2.36. The Bertz CT molecular complexity index is 315. The van der Waals surface area contributed by atoms with Gasteiger partial charge in [-0.1, -0.05) is 13.5 Å². The van der Waals surface area contributed by atoms with Crippen molar-refractivity contribution in [2.24, 2.45) is 0 Å². The number of hydrogen-bond acceptors (Lipinski definition) is 3. The third-order valence-corrected chi connectivity index (χ3v) is 2.83. The van der Waals surface area contributed by atoms with Crippen LogP contribution in [0.5, 0.6) is 0 Å². The van der Waals surface area contributed by atoms with E-state index in [4.69, 9.17) is 5.26 Å². The van der Waals surface area contributed by atoms with Crippen molar-refractivity contribution in [2.45, 2.75) is 6.92 Å². The number of hydrogen-bond donors (Lipinski definition) is 0. The summed E-state index contributed by atoms with van der Waals surface area (Å²) in [5.74, 6) is 0. The van der Waals surface area contributed by atoms with Crippen molar-refractivity contribution < 1.29 is 0 Å². The Balaban J connectivity index is 2.56. The predicted molar refractivity (Wildman–Crippen MR) is 66.7 cm³/mol. The first-order valence-corrected chi connectivity index (χ1v) is 5.68. The number of piperazine rings is 1. The van der Waals surface area contributed by atoms with Gasteiger partial charge in [0.1, 0.15) is 0 Å². The molecule has 86 valence electrons. The van der Waals surface area contributed by atoms with Crippen LogP contribution in [0, 0.1) is 11.3 Å². The van der Waals surface area contributed by atoms with Crippen molar-refractivity contribution in [3.63, 3.8) is 0 Å². The monoisotopic (exact) mass is 217 g/mol. The Labute approximate surface area is 98.0 Å². The zero-order valence-corrected chi connectivity index (χ0v) is 9.89. The topological polar surface area (TPSA) is 30.3 Å². The molecule has 0 unspecified atom stereocenters. The molecule has 0 aromatic rings. The van der Waals surface area contributed by atoms with E-state index in [0.29, 0.717) is 0 Å². The zero-order valence-electron chi connectivity index (χ0n) is 9.89. The molecule has 1 aliphatic rings. The second-order valence-corrected chi connectivity index (χ2v) is 3.71. The van der Waals surface area contributed by atoms with Crippen molar-refractivity contribution in [1.82, 2.24) is 9.80 Å². The Hall–Kier alpha value is -1.53.